The molecule has 0 aromatic heterocycles. The molecule has 2 aromatic carbocycles. The molecule has 1 unspecified atom stereocenters. The lowest BCUT2D eigenvalue weighted by Crippen LogP contribution is -2.01. The third-order valence-electron chi connectivity index (χ3n) is 2.71. The van der Waals surface area contributed by atoms with Gasteiger partial charge in [-0.25, -0.2) is 13.2 Å². The van der Waals surface area contributed by atoms with Crippen molar-refractivity contribution in [3.63, 3.8) is 0 Å². The van der Waals surface area contributed by atoms with Crippen molar-refractivity contribution in [1.82, 2.24) is 0 Å². The molecule has 0 spiro atoms. The number of benzene rings is 2. The van der Waals surface area contributed by atoms with Crippen molar-refractivity contribution < 1.29 is 13.2 Å². The average Bonchev–Trinajstić information content (AvgIpc) is 2.32. The van der Waals surface area contributed by atoms with Gasteiger partial charge in [0.1, 0.15) is 17.5 Å². The zero-order valence-corrected chi connectivity index (χ0v) is 12.6. The minimum absolute atomic E-state index is 0.218. The van der Waals surface area contributed by atoms with E-state index < -0.39 is 17.0 Å². The number of hydrogen-bond acceptors (Lipinski definition) is 0. The van der Waals surface area contributed by atoms with E-state index in [0.717, 1.165) is 11.6 Å². The molecule has 0 N–H and O–H groups in total. The van der Waals surface area contributed by atoms with E-state index in [0.29, 0.717) is 9.13 Å². The molecule has 0 aliphatic rings. The summed E-state index contributed by atoms with van der Waals surface area (Å²) in [7, 11) is 0. The highest BCUT2D eigenvalue weighted by atomic mass is 127. The molecule has 5 heteroatoms. The molecular weight excluding hydrogens is 388 g/mol. The SMILES string of the molecule is Fc1ccc(CC(Cl)c2ccc(F)cc2I)c(F)c1. The van der Waals surface area contributed by atoms with E-state index in [2.05, 4.69) is 0 Å². The van der Waals surface area contributed by atoms with Gasteiger partial charge in [-0.2, -0.15) is 0 Å². The second kappa shape index (κ2) is 6.13. The van der Waals surface area contributed by atoms with Gasteiger partial charge in [0.15, 0.2) is 0 Å². The molecule has 0 fully saturated rings. The minimum atomic E-state index is -0.622. The predicted octanol–water partition coefficient (Wildman–Crippen LogP) is 5.23. The summed E-state index contributed by atoms with van der Waals surface area (Å²) < 4.78 is 40.0. The molecule has 0 saturated carbocycles. The number of rotatable bonds is 3. The lowest BCUT2D eigenvalue weighted by molar-refractivity contribution is 0.570. The zero-order chi connectivity index (χ0) is 14.0. The maximum absolute atomic E-state index is 13.5. The van der Waals surface area contributed by atoms with E-state index in [1.54, 1.807) is 6.07 Å². The van der Waals surface area contributed by atoms with Crippen LogP contribution in [-0.2, 0) is 6.42 Å². The van der Waals surface area contributed by atoms with Crippen LogP contribution in [0.2, 0.25) is 0 Å². The van der Waals surface area contributed by atoms with Gasteiger partial charge in [-0.1, -0.05) is 12.1 Å². The predicted molar refractivity (Wildman–Crippen MR) is 77.8 cm³/mol. The Hall–Kier alpha value is -0.750. The Morgan fingerprint density at radius 1 is 1.00 bits per heavy atom. The molecule has 19 heavy (non-hydrogen) atoms. The van der Waals surface area contributed by atoms with Crippen LogP contribution in [0.1, 0.15) is 16.5 Å². The van der Waals surface area contributed by atoms with Crippen molar-refractivity contribution in [3.05, 3.63) is 68.5 Å². The van der Waals surface area contributed by atoms with Gasteiger partial charge in [0.05, 0.1) is 5.38 Å². The largest absolute Gasteiger partial charge is 0.207 e. The Kier molecular flexibility index (Phi) is 4.73. The Labute approximate surface area is 127 Å². The summed E-state index contributed by atoms with van der Waals surface area (Å²) in [5.41, 5.74) is 1.06. The molecule has 0 bridgehead atoms. The molecule has 0 aliphatic heterocycles. The lowest BCUT2D eigenvalue weighted by atomic mass is 10.0. The minimum Gasteiger partial charge on any atom is -0.207 e. The summed E-state index contributed by atoms with van der Waals surface area (Å²) in [5.74, 6) is -1.59. The maximum atomic E-state index is 13.5. The highest BCUT2D eigenvalue weighted by Gasteiger charge is 2.15. The average molecular weight is 397 g/mol. The fraction of sp³-hybridized carbons (Fsp3) is 0.143. The molecular formula is C14H9ClF3I. The second-order valence-corrected chi connectivity index (χ2v) is 5.76. The molecule has 0 saturated heterocycles. The van der Waals surface area contributed by atoms with Gasteiger partial charge in [0.25, 0.3) is 0 Å². The molecule has 1 atom stereocenters. The van der Waals surface area contributed by atoms with Gasteiger partial charge in [0, 0.05) is 9.64 Å². The summed E-state index contributed by atoms with van der Waals surface area (Å²) in [5, 5.41) is -0.493. The van der Waals surface area contributed by atoms with Gasteiger partial charge >= 0.3 is 0 Å². The van der Waals surface area contributed by atoms with Crippen molar-refractivity contribution in [2.24, 2.45) is 0 Å². The summed E-state index contributed by atoms with van der Waals surface area (Å²) in [6.07, 6.45) is 0.218. The fourth-order valence-corrected chi connectivity index (χ4v) is 3.14. The van der Waals surface area contributed by atoms with Gasteiger partial charge in [-0.05, 0) is 58.3 Å². The van der Waals surface area contributed by atoms with E-state index >= 15 is 0 Å². The summed E-state index contributed by atoms with van der Waals surface area (Å²) in [4.78, 5) is 0. The molecule has 0 radical (unpaired) electrons. The Balaban J connectivity index is 2.23. The third kappa shape index (κ3) is 3.63. The second-order valence-electron chi connectivity index (χ2n) is 4.07. The number of alkyl halides is 1. The Morgan fingerprint density at radius 3 is 2.26 bits per heavy atom. The molecule has 2 aromatic rings. The monoisotopic (exact) mass is 396 g/mol. The Morgan fingerprint density at radius 2 is 1.63 bits per heavy atom. The Bertz CT molecular complexity index is 601. The molecule has 2 rings (SSSR count). The first-order valence-corrected chi connectivity index (χ1v) is 7.02. The topological polar surface area (TPSA) is 0 Å². The van der Waals surface area contributed by atoms with Crippen molar-refractivity contribution in [2.75, 3.05) is 0 Å². The first-order chi connectivity index (χ1) is 8.97. The van der Waals surface area contributed by atoms with E-state index in [1.807, 2.05) is 22.6 Å². The fourth-order valence-electron chi connectivity index (χ4n) is 1.75. The van der Waals surface area contributed by atoms with E-state index in [-0.39, 0.29) is 12.2 Å². The maximum Gasteiger partial charge on any atom is 0.129 e. The van der Waals surface area contributed by atoms with Gasteiger partial charge < -0.3 is 0 Å². The summed E-state index contributed by atoms with van der Waals surface area (Å²) >= 11 is 8.20. The summed E-state index contributed by atoms with van der Waals surface area (Å²) in [6.45, 7) is 0. The molecule has 0 heterocycles. The van der Waals surface area contributed by atoms with Crippen LogP contribution in [0.3, 0.4) is 0 Å². The van der Waals surface area contributed by atoms with Crippen LogP contribution < -0.4 is 0 Å². The van der Waals surface area contributed by atoms with E-state index in [9.17, 15) is 13.2 Å². The van der Waals surface area contributed by atoms with Crippen LogP contribution in [0.15, 0.2) is 36.4 Å². The van der Waals surface area contributed by atoms with Crippen LogP contribution in [0, 0.1) is 21.0 Å². The van der Waals surface area contributed by atoms with Gasteiger partial charge in [-0.15, -0.1) is 11.6 Å². The molecule has 100 valence electrons. The van der Waals surface area contributed by atoms with E-state index in [4.69, 9.17) is 11.6 Å². The molecule has 0 aliphatic carbocycles. The van der Waals surface area contributed by atoms with Crippen molar-refractivity contribution in [1.29, 1.82) is 0 Å². The smallest absolute Gasteiger partial charge is 0.129 e. The first-order valence-electron chi connectivity index (χ1n) is 5.50. The normalized spacial score (nSPS) is 12.5. The summed E-state index contributed by atoms with van der Waals surface area (Å²) in [6, 6.07) is 7.65. The quantitative estimate of drug-likeness (QED) is 0.492. The standard InChI is InChI=1S/C14H9ClF3I/c15-12(11-4-3-10(17)7-14(11)19)5-8-1-2-9(16)6-13(8)18/h1-4,6-7,12H,5H2. The van der Waals surface area contributed by atoms with Crippen LogP contribution in [-0.4, -0.2) is 0 Å². The first kappa shape index (κ1) is 14.7. The van der Waals surface area contributed by atoms with Crippen LogP contribution in [0.25, 0.3) is 0 Å². The zero-order valence-electron chi connectivity index (χ0n) is 9.64. The lowest BCUT2D eigenvalue weighted by Gasteiger charge is -2.12. The van der Waals surface area contributed by atoms with Crippen LogP contribution in [0.5, 0.6) is 0 Å². The van der Waals surface area contributed by atoms with Crippen molar-refractivity contribution >= 4 is 34.2 Å². The highest BCUT2D eigenvalue weighted by Crippen LogP contribution is 2.30. The molecule has 0 amide bonds. The highest BCUT2D eigenvalue weighted by molar-refractivity contribution is 14.1. The van der Waals surface area contributed by atoms with E-state index in [1.165, 1.54) is 24.3 Å². The van der Waals surface area contributed by atoms with Gasteiger partial charge in [-0.3, -0.25) is 0 Å². The molecule has 0 nitrogen and oxygen atoms in total. The van der Waals surface area contributed by atoms with Crippen molar-refractivity contribution in [2.45, 2.75) is 11.8 Å². The number of hydrogen-bond donors (Lipinski definition) is 0. The van der Waals surface area contributed by atoms with Crippen LogP contribution in [0.4, 0.5) is 13.2 Å². The third-order valence-corrected chi connectivity index (χ3v) is 4.04. The number of halogens is 5. The van der Waals surface area contributed by atoms with Crippen LogP contribution >= 0.6 is 34.2 Å². The van der Waals surface area contributed by atoms with Gasteiger partial charge in [0.2, 0.25) is 0 Å². The van der Waals surface area contributed by atoms with Crippen molar-refractivity contribution in [3.8, 4) is 0 Å².